The van der Waals surface area contributed by atoms with E-state index in [1.54, 1.807) is 0 Å². The molecule has 1 aromatic carbocycles. The van der Waals surface area contributed by atoms with Crippen LogP contribution in [0.25, 0.3) is 0 Å². The van der Waals surface area contributed by atoms with Gasteiger partial charge in [0.05, 0.1) is 11.3 Å². The molecule has 2 rings (SSSR count). The Kier molecular flexibility index (Phi) is 4.61. The van der Waals surface area contributed by atoms with E-state index < -0.39 is 17.6 Å². The van der Waals surface area contributed by atoms with Crippen LogP contribution in [-0.4, -0.2) is 21.9 Å². The van der Waals surface area contributed by atoms with Gasteiger partial charge in [0.1, 0.15) is 5.51 Å². The van der Waals surface area contributed by atoms with Crippen molar-refractivity contribution in [3.05, 3.63) is 35.3 Å². The average molecular weight is 319 g/mol. The van der Waals surface area contributed by atoms with Crippen molar-refractivity contribution >= 4 is 34.7 Å². The van der Waals surface area contributed by atoms with Crippen LogP contribution in [-0.2, 0) is 11.0 Å². The zero-order valence-corrected chi connectivity index (χ0v) is 11.5. The summed E-state index contributed by atoms with van der Waals surface area (Å²) in [4.78, 5) is 11.6. The first-order chi connectivity index (χ1) is 9.45. The molecule has 0 bridgehead atoms. The Morgan fingerprint density at radius 1 is 1.40 bits per heavy atom. The molecule has 1 amide bonds. The molecule has 0 spiro atoms. The van der Waals surface area contributed by atoms with Gasteiger partial charge in [-0.15, -0.1) is 10.2 Å². The first kappa shape index (κ1) is 14.8. The molecule has 0 saturated carbocycles. The number of benzene rings is 1. The number of carbonyl (C=O) groups is 1. The molecule has 0 aliphatic rings. The minimum atomic E-state index is -4.43. The van der Waals surface area contributed by atoms with Gasteiger partial charge in [-0.1, -0.05) is 29.2 Å². The SMILES string of the molecule is O=C(CSc1nncs1)Nc1cccc(C(F)(F)F)c1. The Bertz CT molecular complexity index is 587. The van der Waals surface area contributed by atoms with Crippen LogP contribution in [0.1, 0.15) is 5.56 Å². The number of rotatable bonds is 4. The molecular weight excluding hydrogens is 311 g/mol. The van der Waals surface area contributed by atoms with Gasteiger partial charge in [0, 0.05) is 5.69 Å². The van der Waals surface area contributed by atoms with Gasteiger partial charge in [0.15, 0.2) is 4.34 Å². The lowest BCUT2D eigenvalue weighted by Gasteiger charge is -2.09. The van der Waals surface area contributed by atoms with E-state index in [9.17, 15) is 18.0 Å². The van der Waals surface area contributed by atoms with E-state index in [1.165, 1.54) is 40.7 Å². The molecule has 1 N–H and O–H groups in total. The zero-order valence-electron chi connectivity index (χ0n) is 9.85. The van der Waals surface area contributed by atoms with Gasteiger partial charge in [0.2, 0.25) is 5.91 Å². The Labute approximate surface area is 120 Å². The summed E-state index contributed by atoms with van der Waals surface area (Å²) < 4.78 is 38.2. The molecule has 4 nitrogen and oxygen atoms in total. The zero-order chi connectivity index (χ0) is 14.6. The van der Waals surface area contributed by atoms with Gasteiger partial charge in [0.25, 0.3) is 0 Å². The predicted octanol–water partition coefficient (Wildman–Crippen LogP) is 3.29. The van der Waals surface area contributed by atoms with Gasteiger partial charge in [-0.3, -0.25) is 4.79 Å². The normalized spacial score (nSPS) is 11.3. The number of thioether (sulfide) groups is 1. The maximum atomic E-state index is 12.5. The van der Waals surface area contributed by atoms with Crippen LogP contribution >= 0.6 is 23.1 Å². The number of hydrogen-bond acceptors (Lipinski definition) is 5. The van der Waals surface area contributed by atoms with Crippen molar-refractivity contribution in [1.82, 2.24) is 10.2 Å². The van der Waals surface area contributed by atoms with Crippen LogP contribution in [0.2, 0.25) is 0 Å². The summed E-state index contributed by atoms with van der Waals surface area (Å²) >= 11 is 2.46. The highest BCUT2D eigenvalue weighted by molar-refractivity contribution is 8.01. The van der Waals surface area contributed by atoms with E-state index >= 15 is 0 Å². The Balaban J connectivity index is 1.94. The molecule has 0 aliphatic carbocycles. The maximum Gasteiger partial charge on any atom is 0.416 e. The van der Waals surface area contributed by atoms with Gasteiger partial charge in [-0.05, 0) is 18.2 Å². The van der Waals surface area contributed by atoms with Crippen molar-refractivity contribution in [3.8, 4) is 0 Å². The molecule has 9 heteroatoms. The summed E-state index contributed by atoms with van der Waals surface area (Å²) in [7, 11) is 0. The second kappa shape index (κ2) is 6.23. The number of carbonyl (C=O) groups excluding carboxylic acids is 1. The lowest BCUT2D eigenvalue weighted by atomic mass is 10.2. The van der Waals surface area contributed by atoms with E-state index in [0.29, 0.717) is 4.34 Å². The summed E-state index contributed by atoms with van der Waals surface area (Å²) in [6.07, 6.45) is -4.43. The number of halogens is 3. The fourth-order valence-electron chi connectivity index (χ4n) is 1.32. The van der Waals surface area contributed by atoms with E-state index in [2.05, 4.69) is 15.5 Å². The molecule has 1 aromatic heterocycles. The molecule has 0 atom stereocenters. The second-order valence-corrected chi connectivity index (χ2v) is 5.68. The fraction of sp³-hybridized carbons (Fsp3) is 0.182. The van der Waals surface area contributed by atoms with Crippen LogP contribution in [0.15, 0.2) is 34.1 Å². The number of nitrogens with one attached hydrogen (secondary N) is 1. The quantitative estimate of drug-likeness (QED) is 0.879. The lowest BCUT2D eigenvalue weighted by molar-refractivity contribution is -0.137. The molecule has 0 fully saturated rings. The van der Waals surface area contributed by atoms with Crippen molar-refractivity contribution < 1.29 is 18.0 Å². The van der Waals surface area contributed by atoms with Crippen molar-refractivity contribution in [2.45, 2.75) is 10.5 Å². The molecule has 0 radical (unpaired) electrons. The maximum absolute atomic E-state index is 12.5. The Hall–Kier alpha value is -1.61. The molecule has 20 heavy (non-hydrogen) atoms. The van der Waals surface area contributed by atoms with Crippen LogP contribution < -0.4 is 5.32 Å². The van der Waals surface area contributed by atoms with Gasteiger partial charge in [-0.25, -0.2) is 0 Å². The topological polar surface area (TPSA) is 54.9 Å². The van der Waals surface area contributed by atoms with E-state index in [4.69, 9.17) is 0 Å². The van der Waals surface area contributed by atoms with Crippen molar-refractivity contribution in [2.75, 3.05) is 11.1 Å². The van der Waals surface area contributed by atoms with E-state index in [1.807, 2.05) is 0 Å². The molecule has 0 saturated heterocycles. The average Bonchev–Trinajstić information content (AvgIpc) is 2.89. The lowest BCUT2D eigenvalue weighted by Crippen LogP contribution is -2.15. The smallest absolute Gasteiger partial charge is 0.325 e. The third kappa shape index (κ3) is 4.20. The fourth-order valence-corrected chi connectivity index (χ4v) is 2.61. The van der Waals surface area contributed by atoms with Crippen LogP contribution in [0.4, 0.5) is 18.9 Å². The van der Waals surface area contributed by atoms with E-state index in [-0.39, 0.29) is 11.4 Å². The van der Waals surface area contributed by atoms with Crippen molar-refractivity contribution in [1.29, 1.82) is 0 Å². The highest BCUT2D eigenvalue weighted by Crippen LogP contribution is 2.30. The number of anilines is 1. The predicted molar refractivity (Wildman–Crippen MR) is 70.7 cm³/mol. The van der Waals surface area contributed by atoms with Crippen LogP contribution in [0.3, 0.4) is 0 Å². The summed E-state index contributed by atoms with van der Waals surface area (Å²) in [5, 5.41) is 9.77. The molecular formula is C11H8F3N3OS2. The van der Waals surface area contributed by atoms with Gasteiger partial charge >= 0.3 is 6.18 Å². The molecule has 2 aromatic rings. The first-order valence-corrected chi connectivity index (χ1v) is 7.18. The first-order valence-electron chi connectivity index (χ1n) is 5.31. The minimum Gasteiger partial charge on any atom is -0.325 e. The van der Waals surface area contributed by atoms with Gasteiger partial charge < -0.3 is 5.32 Å². The van der Waals surface area contributed by atoms with Crippen molar-refractivity contribution in [3.63, 3.8) is 0 Å². The third-order valence-electron chi connectivity index (χ3n) is 2.14. The number of nitrogens with zero attached hydrogens (tertiary/aromatic N) is 2. The Morgan fingerprint density at radius 2 is 2.20 bits per heavy atom. The number of alkyl halides is 3. The molecule has 0 aliphatic heterocycles. The summed E-state index contributed by atoms with van der Waals surface area (Å²) in [6, 6.07) is 4.50. The largest absolute Gasteiger partial charge is 0.416 e. The summed E-state index contributed by atoms with van der Waals surface area (Å²) in [5.74, 6) is -0.338. The number of amides is 1. The third-order valence-corrected chi connectivity index (χ3v) is 4.00. The Morgan fingerprint density at radius 3 is 2.85 bits per heavy atom. The number of aromatic nitrogens is 2. The minimum absolute atomic E-state index is 0.0610. The van der Waals surface area contributed by atoms with Gasteiger partial charge in [-0.2, -0.15) is 13.2 Å². The van der Waals surface area contributed by atoms with Crippen LogP contribution in [0, 0.1) is 0 Å². The molecule has 106 valence electrons. The van der Waals surface area contributed by atoms with Crippen molar-refractivity contribution in [2.24, 2.45) is 0 Å². The second-order valence-electron chi connectivity index (χ2n) is 3.62. The van der Waals surface area contributed by atoms with Crippen LogP contribution in [0.5, 0.6) is 0 Å². The molecule has 0 unspecified atom stereocenters. The monoisotopic (exact) mass is 319 g/mol. The molecule has 1 heterocycles. The summed E-state index contributed by atoms with van der Waals surface area (Å²) in [6.45, 7) is 0. The highest BCUT2D eigenvalue weighted by atomic mass is 32.2. The highest BCUT2D eigenvalue weighted by Gasteiger charge is 2.30. The van der Waals surface area contributed by atoms with E-state index in [0.717, 1.165) is 12.1 Å². The number of hydrogen-bond donors (Lipinski definition) is 1. The summed E-state index contributed by atoms with van der Waals surface area (Å²) in [5.41, 5.74) is 0.849. The standard InChI is InChI=1S/C11H8F3N3OS2/c12-11(13,14)7-2-1-3-8(4-7)16-9(18)5-19-10-17-15-6-20-10/h1-4,6H,5H2,(H,16,18).